The third-order valence-corrected chi connectivity index (χ3v) is 3.04. The molecule has 0 saturated carbocycles. The van der Waals surface area contributed by atoms with E-state index in [1.165, 1.54) is 5.56 Å². The minimum absolute atomic E-state index is 0.472. The molecule has 2 N–H and O–H groups in total. The molecule has 96 valence electrons. The monoisotopic (exact) mass is 256 g/mol. The molecule has 0 atom stereocenters. The molecule has 1 rings (SSSR count). The Balaban J connectivity index is 2.76. The fourth-order valence-corrected chi connectivity index (χ4v) is 2.01. The first-order valence-corrected chi connectivity index (χ1v) is 6.22. The van der Waals surface area contributed by atoms with Crippen LogP contribution in [0.2, 0.25) is 5.02 Å². The number of hydrogen-bond donors (Lipinski definition) is 1. The molecule has 4 heteroatoms. The van der Waals surface area contributed by atoms with Crippen LogP contribution >= 0.6 is 11.6 Å². The van der Waals surface area contributed by atoms with E-state index in [-0.39, 0.29) is 0 Å². The Morgan fingerprint density at radius 1 is 1.41 bits per heavy atom. The van der Waals surface area contributed by atoms with Gasteiger partial charge in [0, 0.05) is 25.7 Å². The zero-order chi connectivity index (χ0) is 12.8. The van der Waals surface area contributed by atoms with Crippen molar-refractivity contribution in [1.29, 1.82) is 0 Å². The first kappa shape index (κ1) is 14.3. The summed E-state index contributed by atoms with van der Waals surface area (Å²) in [4.78, 5) is 2.32. The first-order chi connectivity index (χ1) is 8.08. The molecule has 0 aliphatic carbocycles. The second-order valence-corrected chi connectivity index (χ2v) is 4.73. The number of nitrogens with two attached hydrogens (primary N) is 1. The molecule has 1 aromatic rings. The zero-order valence-corrected chi connectivity index (χ0v) is 11.5. The van der Waals surface area contributed by atoms with Crippen molar-refractivity contribution < 1.29 is 4.74 Å². The molecular weight excluding hydrogens is 236 g/mol. The highest BCUT2D eigenvalue weighted by atomic mass is 35.5. The van der Waals surface area contributed by atoms with E-state index >= 15 is 0 Å². The van der Waals surface area contributed by atoms with Crippen LogP contribution in [-0.2, 0) is 6.54 Å². The summed E-state index contributed by atoms with van der Waals surface area (Å²) < 4.78 is 5.13. The molecule has 0 amide bonds. The normalized spacial score (nSPS) is 11.2. The Morgan fingerprint density at radius 2 is 2.12 bits per heavy atom. The van der Waals surface area contributed by atoms with Gasteiger partial charge in [-0.15, -0.1) is 0 Å². The third-order valence-electron chi connectivity index (χ3n) is 2.75. The van der Waals surface area contributed by atoms with Gasteiger partial charge in [0.2, 0.25) is 0 Å². The lowest BCUT2D eigenvalue weighted by molar-refractivity contribution is 0.219. The van der Waals surface area contributed by atoms with Gasteiger partial charge in [-0.25, -0.2) is 0 Å². The molecule has 0 aliphatic rings. The zero-order valence-electron chi connectivity index (χ0n) is 10.7. The molecule has 1 aromatic carbocycles. The molecular formula is C13H21ClN2O. The molecule has 0 aliphatic heterocycles. The molecule has 3 nitrogen and oxygen atoms in total. The standard InChI is InChI=1S/C13H21ClN2O/c1-10(2)16(7-6-15)9-11-4-5-13(17-3)12(14)8-11/h4-5,8,10H,6-7,9,15H2,1-3H3. The summed E-state index contributed by atoms with van der Waals surface area (Å²) in [7, 11) is 1.62. The van der Waals surface area contributed by atoms with Crippen LogP contribution in [0.5, 0.6) is 5.75 Å². The van der Waals surface area contributed by atoms with E-state index in [0.29, 0.717) is 23.4 Å². The van der Waals surface area contributed by atoms with Crippen LogP contribution in [0.3, 0.4) is 0 Å². The van der Waals surface area contributed by atoms with Gasteiger partial charge in [-0.2, -0.15) is 0 Å². The number of methoxy groups -OCH3 is 1. The number of halogens is 1. The highest BCUT2D eigenvalue weighted by molar-refractivity contribution is 6.32. The lowest BCUT2D eigenvalue weighted by Gasteiger charge is -2.26. The van der Waals surface area contributed by atoms with Crippen molar-refractivity contribution in [3.63, 3.8) is 0 Å². The number of hydrogen-bond acceptors (Lipinski definition) is 3. The number of nitrogens with zero attached hydrogens (tertiary/aromatic N) is 1. The van der Waals surface area contributed by atoms with Gasteiger partial charge in [0.25, 0.3) is 0 Å². The van der Waals surface area contributed by atoms with Crippen molar-refractivity contribution >= 4 is 11.6 Å². The predicted molar refractivity (Wildman–Crippen MR) is 72.6 cm³/mol. The van der Waals surface area contributed by atoms with Crippen molar-refractivity contribution in [3.8, 4) is 5.75 Å². The van der Waals surface area contributed by atoms with Crippen LogP contribution in [0.25, 0.3) is 0 Å². The summed E-state index contributed by atoms with van der Waals surface area (Å²) in [5, 5.41) is 0.654. The number of ether oxygens (including phenoxy) is 1. The summed E-state index contributed by atoms with van der Waals surface area (Å²) in [6.45, 7) is 6.75. The summed E-state index contributed by atoms with van der Waals surface area (Å²) in [6.07, 6.45) is 0. The van der Waals surface area contributed by atoms with Gasteiger partial charge < -0.3 is 10.5 Å². The van der Waals surface area contributed by atoms with E-state index in [1.807, 2.05) is 18.2 Å². The van der Waals surface area contributed by atoms with Crippen molar-refractivity contribution in [2.45, 2.75) is 26.4 Å². The maximum Gasteiger partial charge on any atom is 0.137 e. The maximum atomic E-state index is 6.10. The summed E-state index contributed by atoms with van der Waals surface area (Å²) in [6, 6.07) is 6.36. The van der Waals surface area contributed by atoms with Gasteiger partial charge in [0.15, 0.2) is 0 Å². The topological polar surface area (TPSA) is 38.5 Å². The summed E-state index contributed by atoms with van der Waals surface area (Å²) in [5.74, 6) is 0.713. The Hall–Kier alpha value is -0.770. The fraction of sp³-hybridized carbons (Fsp3) is 0.538. The van der Waals surface area contributed by atoms with Crippen molar-refractivity contribution in [2.24, 2.45) is 5.73 Å². The quantitative estimate of drug-likeness (QED) is 0.850. The van der Waals surface area contributed by atoms with Gasteiger partial charge in [0.1, 0.15) is 5.75 Å². The van der Waals surface area contributed by atoms with Crippen molar-refractivity contribution in [3.05, 3.63) is 28.8 Å². The second-order valence-electron chi connectivity index (χ2n) is 4.32. The third kappa shape index (κ3) is 4.19. The fourth-order valence-electron chi connectivity index (χ4n) is 1.73. The van der Waals surface area contributed by atoms with Crippen LogP contribution in [-0.4, -0.2) is 31.1 Å². The van der Waals surface area contributed by atoms with Crippen LogP contribution in [0.4, 0.5) is 0 Å². The van der Waals surface area contributed by atoms with Crippen molar-refractivity contribution in [1.82, 2.24) is 4.90 Å². The minimum Gasteiger partial charge on any atom is -0.495 e. The molecule has 0 aromatic heterocycles. The second kappa shape index (κ2) is 6.84. The maximum absolute atomic E-state index is 6.10. The molecule has 0 spiro atoms. The highest BCUT2D eigenvalue weighted by Gasteiger charge is 2.10. The molecule has 0 fully saturated rings. The van der Waals surface area contributed by atoms with E-state index in [0.717, 1.165) is 13.1 Å². The van der Waals surface area contributed by atoms with Crippen LogP contribution in [0.1, 0.15) is 19.4 Å². The molecule has 0 radical (unpaired) electrons. The van der Waals surface area contributed by atoms with Gasteiger partial charge in [0.05, 0.1) is 12.1 Å². The van der Waals surface area contributed by atoms with E-state index in [1.54, 1.807) is 7.11 Å². The predicted octanol–water partition coefficient (Wildman–Crippen LogP) is 2.52. The van der Waals surface area contributed by atoms with E-state index in [9.17, 15) is 0 Å². The Kier molecular flexibility index (Phi) is 5.75. The lowest BCUT2D eigenvalue weighted by atomic mass is 10.2. The smallest absolute Gasteiger partial charge is 0.137 e. The van der Waals surface area contributed by atoms with E-state index in [2.05, 4.69) is 18.7 Å². The Morgan fingerprint density at radius 3 is 2.59 bits per heavy atom. The number of rotatable bonds is 6. The lowest BCUT2D eigenvalue weighted by Crippen LogP contribution is -2.34. The largest absolute Gasteiger partial charge is 0.495 e. The Bertz CT molecular complexity index is 355. The van der Waals surface area contributed by atoms with Crippen LogP contribution in [0.15, 0.2) is 18.2 Å². The SMILES string of the molecule is COc1ccc(CN(CCN)C(C)C)cc1Cl. The first-order valence-electron chi connectivity index (χ1n) is 5.85. The highest BCUT2D eigenvalue weighted by Crippen LogP contribution is 2.25. The Labute approximate surface area is 109 Å². The summed E-state index contributed by atoms with van der Waals surface area (Å²) >= 11 is 6.10. The molecule has 0 unspecified atom stereocenters. The van der Waals surface area contributed by atoms with E-state index < -0.39 is 0 Å². The van der Waals surface area contributed by atoms with Gasteiger partial charge in [-0.05, 0) is 31.5 Å². The van der Waals surface area contributed by atoms with Crippen LogP contribution < -0.4 is 10.5 Å². The molecule has 17 heavy (non-hydrogen) atoms. The average molecular weight is 257 g/mol. The van der Waals surface area contributed by atoms with E-state index in [4.69, 9.17) is 22.1 Å². The summed E-state index contributed by atoms with van der Waals surface area (Å²) in [5.41, 5.74) is 6.79. The molecule has 0 bridgehead atoms. The molecule has 0 saturated heterocycles. The van der Waals surface area contributed by atoms with Gasteiger partial charge >= 0.3 is 0 Å². The average Bonchev–Trinajstić information content (AvgIpc) is 2.28. The van der Waals surface area contributed by atoms with Crippen LogP contribution in [0, 0.1) is 0 Å². The minimum atomic E-state index is 0.472. The van der Waals surface area contributed by atoms with Crippen molar-refractivity contribution in [2.75, 3.05) is 20.2 Å². The van der Waals surface area contributed by atoms with Gasteiger partial charge in [-0.3, -0.25) is 4.90 Å². The van der Waals surface area contributed by atoms with Gasteiger partial charge in [-0.1, -0.05) is 17.7 Å². The molecule has 0 heterocycles. The number of benzene rings is 1.